The first-order chi connectivity index (χ1) is 16.5. The van der Waals surface area contributed by atoms with Crippen LogP contribution < -0.4 is 15.1 Å². The second kappa shape index (κ2) is 13.6. The van der Waals surface area contributed by atoms with E-state index in [0.717, 1.165) is 29.1 Å². The largest absolute Gasteiger partial charge is 0.497 e. The molecule has 0 aromatic heterocycles. The topological polar surface area (TPSA) is 105 Å². The summed E-state index contributed by atoms with van der Waals surface area (Å²) in [5, 5.41) is 8.58. The lowest BCUT2D eigenvalue weighted by molar-refractivity contribution is -0.129. The van der Waals surface area contributed by atoms with E-state index in [0.29, 0.717) is 17.7 Å². The van der Waals surface area contributed by atoms with Gasteiger partial charge < -0.3 is 14.4 Å². The van der Waals surface area contributed by atoms with Gasteiger partial charge in [-0.1, -0.05) is 26.0 Å². The van der Waals surface area contributed by atoms with Gasteiger partial charge >= 0.3 is 5.97 Å². The van der Waals surface area contributed by atoms with E-state index in [-0.39, 0.29) is 24.3 Å². The van der Waals surface area contributed by atoms with Crippen LogP contribution in [0.1, 0.15) is 49.5 Å². The van der Waals surface area contributed by atoms with Crippen LogP contribution in [0.3, 0.4) is 0 Å². The highest BCUT2D eigenvalue weighted by molar-refractivity contribution is 8.01. The number of esters is 1. The average Bonchev–Trinajstić information content (AvgIpc) is 2.87. The number of hydrogen-bond acceptors (Lipinski definition) is 7. The Morgan fingerprint density at radius 2 is 1.85 bits per heavy atom. The van der Waals surface area contributed by atoms with Crippen molar-refractivity contribution in [3.8, 4) is 5.75 Å². The van der Waals surface area contributed by atoms with Crippen molar-refractivity contribution in [3.63, 3.8) is 0 Å². The van der Waals surface area contributed by atoms with Crippen LogP contribution in [0.5, 0.6) is 5.75 Å². The van der Waals surface area contributed by atoms with Crippen LogP contribution in [0.4, 0.5) is 5.69 Å². The second-order valence-electron chi connectivity index (χ2n) is 7.21. The Labute approximate surface area is 204 Å². The molecule has 0 bridgehead atoms. The molecule has 1 unspecified atom stereocenters. The van der Waals surface area contributed by atoms with E-state index < -0.39 is 11.9 Å². The van der Waals surface area contributed by atoms with E-state index in [1.54, 1.807) is 37.7 Å². The number of rotatable bonds is 9. The molecule has 0 saturated carbocycles. The molecule has 0 radical (unpaired) electrons. The number of anilines is 1. The molecule has 2 aromatic rings. The highest BCUT2D eigenvalue weighted by atomic mass is 32.2. The molecule has 1 atom stereocenters. The first-order valence-electron chi connectivity index (χ1n) is 11.3. The fraction of sp³-hybridized carbons (Fsp3) is 0.400. The third kappa shape index (κ3) is 6.98. The molecule has 0 aliphatic carbocycles. The average molecular weight is 489 g/mol. The molecule has 184 valence electrons. The molecule has 8 nitrogen and oxygen atoms in total. The lowest BCUT2D eigenvalue weighted by Gasteiger charge is -2.33. The summed E-state index contributed by atoms with van der Waals surface area (Å²) >= 11 is 1.42. The lowest BCUT2D eigenvalue weighted by Crippen LogP contribution is -2.46. The highest BCUT2D eigenvalue weighted by Crippen LogP contribution is 2.41. The van der Waals surface area contributed by atoms with Crippen LogP contribution in [0, 0.1) is 0 Å². The Morgan fingerprint density at radius 3 is 2.47 bits per heavy atom. The van der Waals surface area contributed by atoms with E-state index >= 15 is 0 Å². The molecule has 1 aliphatic rings. The van der Waals surface area contributed by atoms with Gasteiger partial charge in [-0.15, -0.1) is 11.8 Å². The van der Waals surface area contributed by atoms with Crippen molar-refractivity contribution >= 4 is 35.2 Å². The Balaban J connectivity index is 0.00000199. The molecular formula is C25H32N2O6S. The summed E-state index contributed by atoms with van der Waals surface area (Å²) in [6.45, 7) is 5.60. The van der Waals surface area contributed by atoms with Gasteiger partial charge in [0.25, 0.3) is 5.91 Å². The molecule has 2 aromatic carbocycles. The number of amides is 2. The first-order valence-corrected chi connectivity index (χ1v) is 12.2. The molecule has 1 heterocycles. The number of carbonyl (C=O) groups excluding carboxylic acids is 3. The maximum absolute atomic E-state index is 13.2. The summed E-state index contributed by atoms with van der Waals surface area (Å²) in [7, 11) is 1.62. The van der Waals surface area contributed by atoms with Crippen molar-refractivity contribution in [1.82, 2.24) is 5.48 Å². The molecule has 3 rings (SSSR count). The Morgan fingerprint density at radius 1 is 1.15 bits per heavy atom. The number of nitrogens with one attached hydrogen (secondary N) is 1. The lowest BCUT2D eigenvalue weighted by atomic mass is 10.1. The van der Waals surface area contributed by atoms with Gasteiger partial charge in [0.1, 0.15) is 12.3 Å². The van der Waals surface area contributed by atoms with Crippen molar-refractivity contribution in [2.75, 3.05) is 25.2 Å². The second-order valence-corrected chi connectivity index (χ2v) is 8.45. The van der Waals surface area contributed by atoms with Crippen molar-refractivity contribution in [2.45, 2.75) is 50.2 Å². The van der Waals surface area contributed by atoms with Crippen LogP contribution in [0.25, 0.3) is 0 Å². The van der Waals surface area contributed by atoms with E-state index in [2.05, 4.69) is 0 Å². The van der Waals surface area contributed by atoms with Crippen molar-refractivity contribution < 1.29 is 29.1 Å². The molecule has 0 fully saturated rings. The van der Waals surface area contributed by atoms with E-state index in [1.807, 2.05) is 38.1 Å². The van der Waals surface area contributed by atoms with E-state index in [1.165, 1.54) is 16.7 Å². The molecule has 2 amide bonds. The zero-order chi connectivity index (χ0) is 25.1. The molecule has 1 aliphatic heterocycles. The Hall–Kier alpha value is -3.04. The quantitative estimate of drug-likeness (QED) is 0.309. The number of fused-ring (bicyclic) bond motifs is 1. The molecule has 9 heteroatoms. The number of carbonyl (C=O) groups is 3. The first kappa shape index (κ1) is 27.2. The summed E-state index contributed by atoms with van der Waals surface area (Å²) in [5.74, 6) is -0.652. The SMILES string of the molecule is CC.CCOC(=O)c1ccc2c(c1)N(CC(=O)NO)C(=O)C(CCCc1ccc(OC)cc1)S2. The number of hydroxylamine groups is 1. The van der Waals surface area contributed by atoms with Crippen molar-refractivity contribution in [2.24, 2.45) is 0 Å². The van der Waals surface area contributed by atoms with Crippen molar-refractivity contribution in [1.29, 1.82) is 0 Å². The minimum atomic E-state index is -0.713. The van der Waals surface area contributed by atoms with Gasteiger partial charge in [-0.3, -0.25) is 14.8 Å². The number of nitrogens with zero attached hydrogens (tertiary/aromatic N) is 1. The van der Waals surface area contributed by atoms with E-state index in [4.69, 9.17) is 14.7 Å². The van der Waals surface area contributed by atoms with Gasteiger partial charge in [-0.2, -0.15) is 0 Å². The summed E-state index contributed by atoms with van der Waals surface area (Å²) in [5.41, 5.74) is 3.47. The van der Waals surface area contributed by atoms with Crippen LogP contribution in [-0.2, 0) is 20.7 Å². The summed E-state index contributed by atoms with van der Waals surface area (Å²) < 4.78 is 10.2. The van der Waals surface area contributed by atoms with Crippen LogP contribution in [-0.4, -0.2) is 48.5 Å². The number of benzene rings is 2. The maximum Gasteiger partial charge on any atom is 0.338 e. The number of thioether (sulfide) groups is 1. The number of ether oxygens (including phenoxy) is 2. The van der Waals surface area contributed by atoms with Crippen LogP contribution >= 0.6 is 11.8 Å². The fourth-order valence-corrected chi connectivity index (χ4v) is 4.73. The molecule has 0 spiro atoms. The van der Waals surface area contributed by atoms with Gasteiger partial charge in [0.05, 0.1) is 30.2 Å². The predicted molar refractivity (Wildman–Crippen MR) is 132 cm³/mol. The summed E-state index contributed by atoms with van der Waals surface area (Å²) in [6, 6.07) is 12.8. The van der Waals surface area contributed by atoms with Gasteiger partial charge in [0.2, 0.25) is 5.91 Å². The molecule has 0 saturated heterocycles. The monoisotopic (exact) mass is 488 g/mol. The fourth-order valence-electron chi connectivity index (χ4n) is 3.47. The zero-order valence-corrected chi connectivity index (χ0v) is 20.8. The Kier molecular flexibility index (Phi) is 10.9. The minimum Gasteiger partial charge on any atom is -0.497 e. The zero-order valence-electron chi connectivity index (χ0n) is 20.0. The number of methoxy groups -OCH3 is 1. The highest BCUT2D eigenvalue weighted by Gasteiger charge is 2.35. The Bertz CT molecular complexity index is 980. The molecule has 34 heavy (non-hydrogen) atoms. The standard InChI is InChI=1S/C23H26N2O6S.C2H6/c1-3-31-23(28)16-9-12-19-18(13-16)25(14-21(26)24-29)22(27)20(32-19)6-4-5-15-7-10-17(30-2)11-8-15;1-2/h7-13,20,29H,3-6,14H2,1-2H3,(H,24,26);1-2H3. The van der Waals surface area contributed by atoms with Gasteiger partial charge in [0.15, 0.2) is 0 Å². The smallest absolute Gasteiger partial charge is 0.338 e. The third-order valence-electron chi connectivity index (χ3n) is 5.09. The molecule has 2 N–H and O–H groups in total. The summed E-state index contributed by atoms with van der Waals surface area (Å²) in [4.78, 5) is 39.3. The van der Waals surface area contributed by atoms with Crippen LogP contribution in [0.15, 0.2) is 47.4 Å². The third-order valence-corrected chi connectivity index (χ3v) is 6.41. The van der Waals surface area contributed by atoms with Crippen LogP contribution in [0.2, 0.25) is 0 Å². The molecular weight excluding hydrogens is 456 g/mol. The van der Waals surface area contributed by atoms with E-state index in [9.17, 15) is 14.4 Å². The predicted octanol–water partition coefficient (Wildman–Crippen LogP) is 4.23. The summed E-state index contributed by atoms with van der Waals surface area (Å²) in [6.07, 6.45) is 2.21. The minimum absolute atomic E-state index is 0.233. The van der Waals surface area contributed by atoms with Gasteiger partial charge in [-0.25, -0.2) is 10.3 Å². The van der Waals surface area contributed by atoms with Crippen molar-refractivity contribution in [3.05, 3.63) is 53.6 Å². The normalized spacial score (nSPS) is 14.4. The number of hydrogen-bond donors (Lipinski definition) is 2. The van der Waals surface area contributed by atoms with Gasteiger partial charge in [0, 0.05) is 4.90 Å². The number of aryl methyl sites for hydroxylation is 1. The maximum atomic E-state index is 13.2. The van der Waals surface area contributed by atoms with Gasteiger partial charge in [-0.05, 0) is 62.1 Å².